The molecule has 1 aliphatic rings. The van der Waals surface area contributed by atoms with E-state index in [1.165, 1.54) is 35.6 Å². The summed E-state index contributed by atoms with van der Waals surface area (Å²) in [4.78, 5) is 25.9. The van der Waals surface area contributed by atoms with E-state index in [2.05, 4.69) is 0 Å². The molecule has 0 unspecified atom stereocenters. The highest BCUT2D eigenvalue weighted by atomic mass is 32.1. The van der Waals surface area contributed by atoms with Gasteiger partial charge in [-0.3, -0.25) is 14.2 Å². The van der Waals surface area contributed by atoms with Crippen LogP contribution in [0.1, 0.15) is 34.3 Å². The van der Waals surface area contributed by atoms with Crippen LogP contribution in [-0.4, -0.2) is 10.4 Å². The van der Waals surface area contributed by atoms with Crippen LogP contribution in [0.4, 0.5) is 9.39 Å². The molecule has 2 N–H and O–H groups in total. The molecule has 0 radical (unpaired) electrons. The molecule has 6 heteroatoms. The first-order chi connectivity index (χ1) is 12.0. The van der Waals surface area contributed by atoms with Crippen molar-refractivity contribution in [1.29, 1.82) is 0 Å². The SMILES string of the molecule is Cc1cc(C(=O)c2c(N)sc3c2ccc(=O)n3CC2CC2)ccc1F. The molecule has 1 aromatic carbocycles. The zero-order valence-corrected chi connectivity index (χ0v) is 14.5. The lowest BCUT2D eigenvalue weighted by Gasteiger charge is -2.07. The number of aryl methyl sites for hydroxylation is 1. The first kappa shape index (κ1) is 16.0. The summed E-state index contributed by atoms with van der Waals surface area (Å²) >= 11 is 1.27. The van der Waals surface area contributed by atoms with E-state index in [-0.39, 0.29) is 17.2 Å². The van der Waals surface area contributed by atoms with Crippen LogP contribution in [0.25, 0.3) is 10.2 Å². The van der Waals surface area contributed by atoms with Crippen LogP contribution >= 0.6 is 11.3 Å². The minimum atomic E-state index is -0.349. The van der Waals surface area contributed by atoms with Gasteiger partial charge in [-0.05, 0) is 55.5 Å². The molecule has 3 aromatic rings. The molecule has 4 nitrogen and oxygen atoms in total. The second-order valence-electron chi connectivity index (χ2n) is 6.58. The predicted octanol–water partition coefficient (Wildman–Crippen LogP) is 3.73. The molecule has 0 spiro atoms. The van der Waals surface area contributed by atoms with Gasteiger partial charge in [0.1, 0.15) is 10.6 Å². The Morgan fingerprint density at radius 1 is 1.32 bits per heavy atom. The third-order valence-corrected chi connectivity index (χ3v) is 5.70. The number of carbonyl (C=O) groups excluding carboxylic acids is 1. The fourth-order valence-corrected chi connectivity index (χ4v) is 4.11. The van der Waals surface area contributed by atoms with Crippen molar-refractivity contribution in [2.45, 2.75) is 26.3 Å². The van der Waals surface area contributed by atoms with Gasteiger partial charge in [0.15, 0.2) is 5.78 Å². The number of aromatic nitrogens is 1. The van der Waals surface area contributed by atoms with Crippen molar-refractivity contribution in [2.75, 3.05) is 5.73 Å². The zero-order valence-electron chi connectivity index (χ0n) is 13.7. The monoisotopic (exact) mass is 356 g/mol. The van der Waals surface area contributed by atoms with Gasteiger partial charge in [-0.25, -0.2) is 4.39 Å². The van der Waals surface area contributed by atoms with Crippen LogP contribution in [0.5, 0.6) is 0 Å². The van der Waals surface area contributed by atoms with Crippen molar-refractivity contribution < 1.29 is 9.18 Å². The van der Waals surface area contributed by atoms with E-state index in [1.54, 1.807) is 17.6 Å². The number of benzene rings is 1. The third kappa shape index (κ3) is 2.76. The molecule has 0 saturated heterocycles. The van der Waals surface area contributed by atoms with E-state index < -0.39 is 0 Å². The summed E-state index contributed by atoms with van der Waals surface area (Å²) in [6.07, 6.45) is 2.26. The Labute approximate surface area is 147 Å². The number of pyridine rings is 1. The van der Waals surface area contributed by atoms with Gasteiger partial charge in [-0.1, -0.05) is 11.3 Å². The minimum Gasteiger partial charge on any atom is -0.390 e. The van der Waals surface area contributed by atoms with Gasteiger partial charge in [0.25, 0.3) is 5.56 Å². The summed E-state index contributed by atoms with van der Waals surface area (Å²) in [5.41, 5.74) is 7.27. The Kier molecular flexibility index (Phi) is 3.72. The van der Waals surface area contributed by atoms with E-state index >= 15 is 0 Å². The van der Waals surface area contributed by atoms with E-state index in [0.717, 1.165) is 17.7 Å². The van der Waals surface area contributed by atoms with Crippen molar-refractivity contribution in [3.8, 4) is 0 Å². The number of thiophene rings is 1. The maximum absolute atomic E-state index is 13.5. The lowest BCUT2D eigenvalue weighted by Crippen LogP contribution is -2.19. The van der Waals surface area contributed by atoms with Crippen LogP contribution in [0.15, 0.2) is 35.1 Å². The minimum absolute atomic E-state index is 0.0720. The second kappa shape index (κ2) is 5.81. The molecule has 4 rings (SSSR count). The van der Waals surface area contributed by atoms with Crippen molar-refractivity contribution in [3.63, 3.8) is 0 Å². The largest absolute Gasteiger partial charge is 0.390 e. The number of nitrogens with two attached hydrogens (primary N) is 1. The van der Waals surface area contributed by atoms with Gasteiger partial charge in [-0.15, -0.1) is 0 Å². The van der Waals surface area contributed by atoms with Crippen LogP contribution in [0.2, 0.25) is 0 Å². The third-order valence-electron chi connectivity index (χ3n) is 4.64. The Bertz CT molecular complexity index is 1060. The molecule has 1 fully saturated rings. The van der Waals surface area contributed by atoms with Gasteiger partial charge in [0.2, 0.25) is 0 Å². The number of carbonyl (C=O) groups is 1. The molecule has 0 aliphatic heterocycles. The van der Waals surface area contributed by atoms with Crippen molar-refractivity contribution in [3.05, 3.63) is 63.2 Å². The maximum Gasteiger partial charge on any atom is 0.251 e. The summed E-state index contributed by atoms with van der Waals surface area (Å²) in [7, 11) is 0. The van der Waals surface area contributed by atoms with Crippen molar-refractivity contribution in [1.82, 2.24) is 4.57 Å². The number of rotatable bonds is 4. The smallest absolute Gasteiger partial charge is 0.251 e. The van der Waals surface area contributed by atoms with E-state index in [0.29, 0.717) is 39.5 Å². The van der Waals surface area contributed by atoms with Crippen molar-refractivity contribution in [2.24, 2.45) is 5.92 Å². The van der Waals surface area contributed by atoms with Gasteiger partial charge in [-0.2, -0.15) is 0 Å². The fourth-order valence-electron chi connectivity index (χ4n) is 3.05. The Morgan fingerprint density at radius 3 is 2.76 bits per heavy atom. The molecular formula is C19H17FN2O2S. The first-order valence-electron chi connectivity index (χ1n) is 8.18. The number of hydrogen-bond donors (Lipinski definition) is 1. The van der Waals surface area contributed by atoms with E-state index in [4.69, 9.17) is 5.73 Å². The van der Waals surface area contributed by atoms with Crippen LogP contribution < -0.4 is 11.3 Å². The molecule has 2 heterocycles. The highest BCUT2D eigenvalue weighted by Gasteiger charge is 2.25. The number of fused-ring (bicyclic) bond motifs is 1. The van der Waals surface area contributed by atoms with E-state index in [1.807, 2.05) is 0 Å². The lowest BCUT2D eigenvalue weighted by atomic mass is 10.0. The topological polar surface area (TPSA) is 65.1 Å². The van der Waals surface area contributed by atoms with Crippen LogP contribution in [0, 0.1) is 18.7 Å². The number of halogens is 1. The Balaban J connectivity index is 1.86. The number of nitrogen functional groups attached to an aromatic ring is 1. The van der Waals surface area contributed by atoms with Gasteiger partial charge in [0, 0.05) is 23.6 Å². The van der Waals surface area contributed by atoms with Gasteiger partial charge in [0.05, 0.1) is 10.6 Å². The molecule has 128 valence electrons. The van der Waals surface area contributed by atoms with Crippen LogP contribution in [-0.2, 0) is 6.54 Å². The summed E-state index contributed by atoms with van der Waals surface area (Å²) in [5.74, 6) is -0.0630. The summed E-state index contributed by atoms with van der Waals surface area (Å²) in [5, 5.41) is 1.08. The molecular weight excluding hydrogens is 339 g/mol. The first-order valence-corrected chi connectivity index (χ1v) is 9.00. The maximum atomic E-state index is 13.5. The quantitative estimate of drug-likeness (QED) is 0.725. The molecule has 25 heavy (non-hydrogen) atoms. The fraction of sp³-hybridized carbons (Fsp3) is 0.263. The number of hydrogen-bond acceptors (Lipinski definition) is 4. The number of anilines is 1. The lowest BCUT2D eigenvalue weighted by molar-refractivity contribution is 0.104. The highest BCUT2D eigenvalue weighted by molar-refractivity contribution is 7.22. The Morgan fingerprint density at radius 2 is 2.08 bits per heavy atom. The molecule has 0 atom stereocenters. The summed E-state index contributed by atoms with van der Waals surface area (Å²) in [6, 6.07) is 7.44. The molecule has 0 amide bonds. The average molecular weight is 356 g/mol. The number of ketones is 1. The van der Waals surface area contributed by atoms with E-state index in [9.17, 15) is 14.0 Å². The molecule has 1 saturated carbocycles. The summed E-state index contributed by atoms with van der Waals surface area (Å²) in [6.45, 7) is 2.29. The number of nitrogens with zero attached hydrogens (tertiary/aromatic N) is 1. The Hall–Kier alpha value is -2.47. The summed E-state index contributed by atoms with van der Waals surface area (Å²) < 4.78 is 15.2. The normalized spacial score (nSPS) is 14.2. The molecule has 2 aromatic heterocycles. The van der Waals surface area contributed by atoms with Crippen LogP contribution in [0.3, 0.4) is 0 Å². The van der Waals surface area contributed by atoms with Crippen molar-refractivity contribution >= 4 is 32.3 Å². The predicted molar refractivity (Wildman–Crippen MR) is 97.8 cm³/mol. The van der Waals surface area contributed by atoms with Gasteiger partial charge >= 0.3 is 0 Å². The molecule has 1 aliphatic carbocycles. The standard InChI is InChI=1S/C19H17FN2O2S/c1-10-8-12(4-6-14(10)20)17(24)16-13-5-7-15(23)22(9-11-2-3-11)19(13)25-18(16)21/h4-8,11H,2-3,9,21H2,1H3. The highest BCUT2D eigenvalue weighted by Crippen LogP contribution is 2.37. The molecule has 0 bridgehead atoms. The van der Waals surface area contributed by atoms with Gasteiger partial charge < -0.3 is 5.73 Å². The second-order valence-corrected chi connectivity index (χ2v) is 7.61. The zero-order chi connectivity index (χ0) is 17.7. The average Bonchev–Trinajstić information content (AvgIpc) is 3.33.